The Morgan fingerprint density at radius 2 is 1.67 bits per heavy atom. The van der Waals surface area contributed by atoms with E-state index in [0.29, 0.717) is 25.7 Å². The Morgan fingerprint density at radius 1 is 1.03 bits per heavy atom. The molecule has 1 fully saturated rings. The molecule has 5 heteroatoms. The van der Waals surface area contributed by atoms with Crippen molar-refractivity contribution in [2.24, 2.45) is 0 Å². The smallest absolute Gasteiger partial charge is 0.410 e. The number of para-hydroxylation sites is 2. The third-order valence-electron chi connectivity index (χ3n) is 5.67. The minimum atomic E-state index is -0.474. The summed E-state index contributed by atoms with van der Waals surface area (Å²) >= 11 is 0. The number of carbonyl (C=O) groups excluding carboxylic acids is 1. The maximum atomic E-state index is 12.5. The molecule has 0 aliphatic carbocycles. The van der Waals surface area contributed by atoms with E-state index in [-0.39, 0.29) is 6.09 Å². The Morgan fingerprint density at radius 3 is 2.30 bits per heavy atom. The average Bonchev–Trinajstić information content (AvgIpc) is 2.78. The third kappa shape index (κ3) is 7.55. The molecule has 0 saturated carbocycles. The molecule has 178 valence electrons. The Labute approximate surface area is 199 Å². The zero-order chi connectivity index (χ0) is 23.8. The van der Waals surface area contributed by atoms with Gasteiger partial charge in [-0.2, -0.15) is 0 Å². The second-order valence-electron chi connectivity index (χ2n) is 9.87. The van der Waals surface area contributed by atoms with Crippen molar-refractivity contribution in [1.82, 2.24) is 4.90 Å². The van der Waals surface area contributed by atoms with Crippen molar-refractivity contribution < 1.29 is 14.3 Å². The summed E-state index contributed by atoms with van der Waals surface area (Å²) in [5, 5.41) is 0. The van der Waals surface area contributed by atoms with Crippen LogP contribution in [0.3, 0.4) is 0 Å². The average molecular weight is 451 g/mol. The first-order chi connectivity index (χ1) is 15.7. The molecule has 1 saturated heterocycles. The number of rotatable bonds is 7. The van der Waals surface area contributed by atoms with Gasteiger partial charge in [-0.1, -0.05) is 54.1 Å². The quantitative estimate of drug-likeness (QED) is 0.455. The molecule has 1 amide bonds. The zero-order valence-corrected chi connectivity index (χ0v) is 20.7. The fourth-order valence-electron chi connectivity index (χ4n) is 3.96. The van der Waals surface area contributed by atoms with Crippen LogP contribution >= 0.6 is 0 Å². The van der Waals surface area contributed by atoms with Crippen LogP contribution in [0.15, 0.2) is 66.2 Å². The Balaban J connectivity index is 1.74. The first-order valence-electron chi connectivity index (χ1n) is 11.9. The van der Waals surface area contributed by atoms with Crippen LogP contribution in [0, 0.1) is 0 Å². The number of nitrogens with zero attached hydrogens (tertiary/aromatic N) is 2. The van der Waals surface area contributed by atoms with Gasteiger partial charge in [-0.15, -0.1) is 0 Å². The highest BCUT2D eigenvalue weighted by molar-refractivity contribution is 5.68. The molecule has 0 bridgehead atoms. The van der Waals surface area contributed by atoms with Crippen LogP contribution in [0.5, 0.6) is 5.75 Å². The van der Waals surface area contributed by atoms with E-state index >= 15 is 0 Å². The SMILES string of the molecule is CC(C)=CCN(c1ccccc1OCc1ccccc1)C1CCN(C(=O)OC(C)(C)C)CC1. The number of allylic oxidation sites excluding steroid dienone is 1. The van der Waals surface area contributed by atoms with Crippen molar-refractivity contribution in [2.45, 2.75) is 65.7 Å². The monoisotopic (exact) mass is 450 g/mol. The first-order valence-corrected chi connectivity index (χ1v) is 11.9. The third-order valence-corrected chi connectivity index (χ3v) is 5.67. The summed E-state index contributed by atoms with van der Waals surface area (Å²) in [6.07, 6.45) is 3.82. The van der Waals surface area contributed by atoms with E-state index in [4.69, 9.17) is 9.47 Å². The second kappa shape index (κ2) is 11.3. The molecule has 1 heterocycles. The van der Waals surface area contributed by atoms with Gasteiger partial charge >= 0.3 is 6.09 Å². The molecular formula is C28H38N2O3. The van der Waals surface area contributed by atoms with Gasteiger partial charge < -0.3 is 19.3 Å². The molecular weight excluding hydrogens is 412 g/mol. The van der Waals surface area contributed by atoms with Crippen molar-refractivity contribution in [3.8, 4) is 5.75 Å². The van der Waals surface area contributed by atoms with E-state index in [2.05, 4.69) is 49.1 Å². The van der Waals surface area contributed by atoms with Crippen molar-refractivity contribution in [2.75, 3.05) is 24.5 Å². The Hall–Kier alpha value is -2.95. The van der Waals surface area contributed by atoms with Crippen molar-refractivity contribution in [3.63, 3.8) is 0 Å². The fraction of sp³-hybridized carbons (Fsp3) is 0.464. The molecule has 5 nitrogen and oxygen atoms in total. The highest BCUT2D eigenvalue weighted by Gasteiger charge is 2.30. The van der Waals surface area contributed by atoms with Gasteiger partial charge in [-0.05, 0) is 65.2 Å². The van der Waals surface area contributed by atoms with Gasteiger partial charge in [0.2, 0.25) is 0 Å². The minimum absolute atomic E-state index is 0.219. The molecule has 0 spiro atoms. The molecule has 0 aromatic heterocycles. The maximum Gasteiger partial charge on any atom is 0.410 e. The number of benzene rings is 2. The van der Waals surface area contributed by atoms with Gasteiger partial charge in [0, 0.05) is 25.7 Å². The van der Waals surface area contributed by atoms with Crippen LogP contribution in [-0.4, -0.2) is 42.3 Å². The lowest BCUT2D eigenvalue weighted by Crippen LogP contribution is -2.48. The number of carbonyl (C=O) groups is 1. The molecule has 3 rings (SSSR count). The van der Waals surface area contributed by atoms with E-state index in [1.165, 1.54) is 5.57 Å². The van der Waals surface area contributed by atoms with E-state index in [1.807, 2.05) is 56.0 Å². The van der Waals surface area contributed by atoms with Crippen LogP contribution < -0.4 is 9.64 Å². The Bertz CT molecular complexity index is 922. The molecule has 33 heavy (non-hydrogen) atoms. The maximum absolute atomic E-state index is 12.5. The second-order valence-corrected chi connectivity index (χ2v) is 9.87. The zero-order valence-electron chi connectivity index (χ0n) is 20.7. The normalized spacial score (nSPS) is 14.5. The number of piperidine rings is 1. The van der Waals surface area contributed by atoms with Crippen LogP contribution in [0.1, 0.15) is 53.0 Å². The van der Waals surface area contributed by atoms with E-state index in [9.17, 15) is 4.79 Å². The number of hydrogen-bond donors (Lipinski definition) is 0. The lowest BCUT2D eigenvalue weighted by molar-refractivity contribution is 0.0205. The predicted molar refractivity (Wildman–Crippen MR) is 135 cm³/mol. The van der Waals surface area contributed by atoms with Crippen molar-refractivity contribution >= 4 is 11.8 Å². The van der Waals surface area contributed by atoms with Gasteiger partial charge in [-0.25, -0.2) is 4.79 Å². The van der Waals surface area contributed by atoms with Crippen molar-refractivity contribution in [3.05, 3.63) is 71.8 Å². The summed E-state index contributed by atoms with van der Waals surface area (Å²) in [6.45, 7) is 12.7. The summed E-state index contributed by atoms with van der Waals surface area (Å²) in [7, 11) is 0. The molecule has 0 atom stereocenters. The first kappa shape index (κ1) is 24.7. The number of likely N-dealkylation sites (tertiary alicyclic amines) is 1. The van der Waals surface area contributed by atoms with Crippen LogP contribution in [0.25, 0.3) is 0 Å². The Kier molecular flexibility index (Phi) is 8.43. The number of amides is 1. The lowest BCUT2D eigenvalue weighted by Gasteiger charge is -2.40. The highest BCUT2D eigenvalue weighted by atomic mass is 16.6. The molecule has 1 aliphatic rings. The summed E-state index contributed by atoms with van der Waals surface area (Å²) in [4.78, 5) is 16.8. The van der Waals surface area contributed by atoms with Gasteiger partial charge in [0.1, 0.15) is 18.0 Å². The number of hydrogen-bond acceptors (Lipinski definition) is 4. The van der Waals surface area contributed by atoms with E-state index in [0.717, 1.165) is 36.4 Å². The van der Waals surface area contributed by atoms with Crippen LogP contribution in [0.2, 0.25) is 0 Å². The van der Waals surface area contributed by atoms with E-state index < -0.39 is 5.60 Å². The topological polar surface area (TPSA) is 42.0 Å². The van der Waals surface area contributed by atoms with Crippen LogP contribution in [0.4, 0.5) is 10.5 Å². The summed E-state index contributed by atoms with van der Waals surface area (Å²) in [6, 6.07) is 18.8. The summed E-state index contributed by atoms with van der Waals surface area (Å²) < 4.78 is 11.8. The highest BCUT2D eigenvalue weighted by Crippen LogP contribution is 2.33. The molecule has 2 aromatic rings. The minimum Gasteiger partial charge on any atom is -0.487 e. The standard InChI is InChI=1S/C28H38N2O3/c1-22(2)15-20-30(24-16-18-29(19-17-24)27(31)33-28(3,4)5)25-13-9-10-14-26(25)32-21-23-11-7-6-8-12-23/h6-15,24H,16-21H2,1-5H3. The van der Waals surface area contributed by atoms with Gasteiger partial charge in [0.15, 0.2) is 0 Å². The molecule has 1 aliphatic heterocycles. The van der Waals surface area contributed by atoms with Crippen molar-refractivity contribution in [1.29, 1.82) is 0 Å². The number of anilines is 1. The van der Waals surface area contributed by atoms with Gasteiger partial charge in [-0.3, -0.25) is 0 Å². The predicted octanol–water partition coefficient (Wildman–Crippen LogP) is 6.44. The van der Waals surface area contributed by atoms with E-state index in [1.54, 1.807) is 0 Å². The number of ether oxygens (including phenoxy) is 2. The van der Waals surface area contributed by atoms with Gasteiger partial charge in [0.25, 0.3) is 0 Å². The molecule has 0 radical (unpaired) electrons. The fourth-order valence-corrected chi connectivity index (χ4v) is 3.96. The molecule has 0 unspecified atom stereocenters. The molecule has 2 aromatic carbocycles. The van der Waals surface area contributed by atoms with Crippen LogP contribution in [-0.2, 0) is 11.3 Å². The molecule has 0 N–H and O–H groups in total. The summed E-state index contributed by atoms with van der Waals surface area (Å²) in [5.41, 5.74) is 3.06. The summed E-state index contributed by atoms with van der Waals surface area (Å²) in [5.74, 6) is 0.887. The van der Waals surface area contributed by atoms with Gasteiger partial charge in [0.05, 0.1) is 5.69 Å². The lowest BCUT2D eigenvalue weighted by atomic mass is 10.0. The largest absolute Gasteiger partial charge is 0.487 e.